The molecule has 0 spiro atoms. The third-order valence-electron chi connectivity index (χ3n) is 3.33. The zero-order valence-electron chi connectivity index (χ0n) is 14.2. The summed E-state index contributed by atoms with van der Waals surface area (Å²) >= 11 is 0. The molecule has 0 atom stereocenters. The molecule has 0 saturated heterocycles. The molecule has 1 aromatic carbocycles. The average molecular weight is 333 g/mol. The third-order valence-corrected chi connectivity index (χ3v) is 3.33. The van der Waals surface area contributed by atoms with Crippen LogP contribution >= 0.6 is 0 Å². The van der Waals surface area contributed by atoms with Crippen LogP contribution in [0.2, 0.25) is 0 Å². The number of aliphatic carboxylic acids is 1. The molecular weight excluding hydrogens is 314 g/mol. The Kier molecular flexibility index (Phi) is 6.56. The minimum Gasteiger partial charge on any atom is -0.504 e. The van der Waals surface area contributed by atoms with Gasteiger partial charge >= 0.3 is 0 Å². The normalized spacial score (nSPS) is 13.0. The first-order valence-electron chi connectivity index (χ1n) is 7.74. The van der Waals surface area contributed by atoms with Gasteiger partial charge in [0.05, 0.1) is 13.4 Å². The van der Waals surface area contributed by atoms with E-state index < -0.39 is 5.97 Å². The fraction of sp³-hybridized carbons (Fsp3) is 0.143. The molecule has 0 saturated carbocycles. The highest BCUT2D eigenvalue weighted by Gasteiger charge is 2.10. The quantitative estimate of drug-likeness (QED) is 0.633. The van der Waals surface area contributed by atoms with Gasteiger partial charge < -0.3 is 9.84 Å². The van der Waals surface area contributed by atoms with Crippen LogP contribution in [0.1, 0.15) is 35.6 Å². The molecule has 2 aromatic rings. The largest absolute Gasteiger partial charge is 0.504 e. The van der Waals surface area contributed by atoms with Crippen molar-refractivity contribution in [3.8, 4) is 11.8 Å². The summed E-state index contributed by atoms with van der Waals surface area (Å²) in [6.45, 7) is 1.08. The van der Waals surface area contributed by atoms with Gasteiger partial charge in [-0.3, -0.25) is 9.78 Å². The monoisotopic (exact) mass is 333 g/mol. The summed E-state index contributed by atoms with van der Waals surface area (Å²) in [5, 5.41) is 7.42. The molecule has 1 aromatic heterocycles. The summed E-state index contributed by atoms with van der Waals surface area (Å²) in [4.78, 5) is 13.0. The van der Waals surface area contributed by atoms with Gasteiger partial charge in [-0.05, 0) is 47.4 Å². The van der Waals surface area contributed by atoms with Crippen LogP contribution in [-0.4, -0.2) is 23.2 Å². The Labute approximate surface area is 147 Å². The van der Waals surface area contributed by atoms with E-state index in [1.165, 1.54) is 16.7 Å². The maximum Gasteiger partial charge on any atom is 0.300 e. The first kappa shape index (κ1) is 18.0. The summed E-state index contributed by atoms with van der Waals surface area (Å²) in [5.74, 6) is 5.53. The van der Waals surface area contributed by atoms with Crippen LogP contribution in [0.25, 0.3) is 11.6 Å². The zero-order valence-corrected chi connectivity index (χ0v) is 14.2. The van der Waals surface area contributed by atoms with Gasteiger partial charge in [-0.25, -0.2) is 0 Å². The maximum atomic E-state index is 9.00. The van der Waals surface area contributed by atoms with E-state index in [9.17, 15) is 0 Å². The molecular formula is C21H19NO3. The highest BCUT2D eigenvalue weighted by atomic mass is 16.5. The van der Waals surface area contributed by atoms with Crippen LogP contribution in [0.5, 0.6) is 0 Å². The fourth-order valence-electron chi connectivity index (χ4n) is 2.31. The number of hydrogen-bond donors (Lipinski definition) is 1. The second-order valence-corrected chi connectivity index (χ2v) is 5.29. The van der Waals surface area contributed by atoms with Crippen molar-refractivity contribution in [3.63, 3.8) is 0 Å². The van der Waals surface area contributed by atoms with E-state index in [2.05, 4.69) is 41.1 Å². The van der Waals surface area contributed by atoms with Crippen molar-refractivity contribution >= 4 is 17.6 Å². The Bertz CT molecular complexity index is 852. The molecule has 0 fully saturated rings. The molecule has 25 heavy (non-hydrogen) atoms. The Morgan fingerprint density at radius 3 is 2.56 bits per heavy atom. The number of hydrogen-bond acceptors (Lipinski definition) is 3. The Hall–Kier alpha value is -3.32. The van der Waals surface area contributed by atoms with Crippen LogP contribution < -0.4 is 0 Å². The van der Waals surface area contributed by atoms with E-state index in [1.54, 1.807) is 19.5 Å². The lowest BCUT2D eigenvalue weighted by Gasteiger charge is -2.14. The maximum absolute atomic E-state index is 9.00. The van der Waals surface area contributed by atoms with Crippen LogP contribution in [0, 0.1) is 11.8 Å². The summed E-state index contributed by atoms with van der Waals surface area (Å²) in [6.07, 6.45) is 10.5. The molecule has 0 radical (unpaired) electrons. The molecule has 0 bridgehead atoms. The van der Waals surface area contributed by atoms with Crippen LogP contribution in [-0.2, 0) is 9.53 Å². The van der Waals surface area contributed by atoms with Crippen molar-refractivity contribution in [2.45, 2.75) is 13.3 Å². The van der Waals surface area contributed by atoms with Gasteiger partial charge in [0.15, 0.2) is 0 Å². The van der Waals surface area contributed by atoms with Gasteiger partial charge in [0.1, 0.15) is 0 Å². The van der Waals surface area contributed by atoms with Crippen LogP contribution in [0.3, 0.4) is 0 Å². The van der Waals surface area contributed by atoms with Gasteiger partial charge in [-0.15, -0.1) is 0 Å². The van der Waals surface area contributed by atoms with E-state index in [1.807, 2.05) is 24.5 Å². The molecule has 1 aliphatic carbocycles. The first-order valence-corrected chi connectivity index (χ1v) is 7.74. The summed E-state index contributed by atoms with van der Waals surface area (Å²) < 4.78 is 5.17. The fourth-order valence-corrected chi connectivity index (χ4v) is 2.31. The van der Waals surface area contributed by atoms with E-state index >= 15 is 0 Å². The average Bonchev–Trinajstić information content (AvgIpc) is 2.61. The molecule has 3 rings (SSSR count). The number of benzene rings is 1. The lowest BCUT2D eigenvalue weighted by atomic mass is 9.91. The minimum absolute atomic E-state index is 0.833. The number of fused-ring (bicyclic) bond motifs is 1. The Balaban J connectivity index is 0.000000511. The van der Waals surface area contributed by atoms with E-state index in [4.69, 9.17) is 14.6 Å². The second kappa shape index (κ2) is 9.09. The molecule has 4 heteroatoms. The standard InChI is InChI=1S/C19H15NO.C2H4O2/c1-21-14-18-4-2-3-17-8-7-16(13-19(17)18)6-5-15-9-11-20-12-10-15;1-2(3)4/h2-3,7-14H,4H2,1H3;1H3,(H,3,4). The van der Waals surface area contributed by atoms with Crippen molar-refractivity contribution in [2.24, 2.45) is 0 Å². The number of carboxylic acids is 1. The van der Waals surface area contributed by atoms with Crippen LogP contribution in [0.15, 0.2) is 55.1 Å². The highest BCUT2D eigenvalue weighted by molar-refractivity contribution is 5.79. The molecule has 0 amide bonds. The van der Waals surface area contributed by atoms with Gasteiger partial charge in [0.2, 0.25) is 0 Å². The molecule has 1 heterocycles. The molecule has 1 aliphatic rings. The number of allylic oxidation sites excluding steroid dienone is 2. The number of pyridine rings is 1. The number of carbonyl (C=O) groups is 1. The summed E-state index contributed by atoms with van der Waals surface area (Å²) in [6, 6.07) is 10.1. The first-order chi connectivity index (χ1) is 12.1. The van der Waals surface area contributed by atoms with Gasteiger partial charge in [-0.2, -0.15) is 0 Å². The molecule has 0 unspecified atom stereocenters. The summed E-state index contributed by atoms with van der Waals surface area (Å²) in [5.41, 5.74) is 5.56. The second-order valence-electron chi connectivity index (χ2n) is 5.29. The van der Waals surface area contributed by atoms with E-state index in [0.29, 0.717) is 0 Å². The lowest BCUT2D eigenvalue weighted by Crippen LogP contribution is -1.95. The van der Waals surface area contributed by atoms with Crippen molar-refractivity contribution in [1.82, 2.24) is 4.98 Å². The number of aromatic nitrogens is 1. The van der Waals surface area contributed by atoms with Crippen molar-refractivity contribution in [2.75, 3.05) is 7.11 Å². The van der Waals surface area contributed by atoms with Crippen LogP contribution in [0.4, 0.5) is 0 Å². The van der Waals surface area contributed by atoms with Gasteiger partial charge in [0, 0.05) is 30.4 Å². The van der Waals surface area contributed by atoms with Crippen molar-refractivity contribution in [3.05, 3.63) is 77.3 Å². The van der Waals surface area contributed by atoms with Gasteiger partial charge in [0.25, 0.3) is 5.97 Å². The SMILES string of the molecule is CC(=O)O.COC=C1CC=Cc2ccc(C#Cc3ccncc3)cc21. The topological polar surface area (TPSA) is 59.4 Å². The molecule has 126 valence electrons. The number of ether oxygens (including phenoxy) is 1. The summed E-state index contributed by atoms with van der Waals surface area (Å²) in [7, 11) is 1.68. The van der Waals surface area contributed by atoms with E-state index in [0.717, 1.165) is 24.5 Å². The number of carboxylic acid groups (broad SMARTS) is 1. The lowest BCUT2D eigenvalue weighted by molar-refractivity contribution is -0.134. The zero-order chi connectivity index (χ0) is 18.1. The van der Waals surface area contributed by atoms with E-state index in [-0.39, 0.29) is 0 Å². The Morgan fingerprint density at radius 2 is 1.88 bits per heavy atom. The highest BCUT2D eigenvalue weighted by Crippen LogP contribution is 2.29. The van der Waals surface area contributed by atoms with Crippen molar-refractivity contribution in [1.29, 1.82) is 0 Å². The molecule has 0 aliphatic heterocycles. The molecule has 1 N–H and O–H groups in total. The number of methoxy groups -OCH3 is 1. The number of rotatable bonds is 1. The molecule has 4 nitrogen and oxygen atoms in total. The predicted molar refractivity (Wildman–Crippen MR) is 98.6 cm³/mol. The van der Waals surface area contributed by atoms with Gasteiger partial charge in [-0.1, -0.05) is 30.1 Å². The van der Waals surface area contributed by atoms with Crippen molar-refractivity contribution < 1.29 is 14.6 Å². The minimum atomic E-state index is -0.833. The smallest absolute Gasteiger partial charge is 0.300 e. The predicted octanol–water partition coefficient (Wildman–Crippen LogP) is 3.98. The number of nitrogens with zero attached hydrogens (tertiary/aromatic N) is 1. The Morgan fingerprint density at radius 1 is 1.20 bits per heavy atom. The third kappa shape index (κ3) is 5.67.